The topological polar surface area (TPSA) is 13.1 Å². The molecule has 0 unspecified atom stereocenters. The Balaban J connectivity index is 1.83. The highest BCUT2D eigenvalue weighted by atomic mass is 16.5. The zero-order chi connectivity index (χ0) is 23.1. The first-order chi connectivity index (χ1) is 15.7. The standard InChI is InChI=1S/C31H30NO/c1-18-11-12-23-21(15-18)16-20-13-14-32(6)28-26-19(2)22-9-7-8-10-24(22)25(17-31(3,4)5)30(26)33-29(23)27(20)28/h7-16H,17H2,1-6H3/q+1. The molecule has 0 atom stereocenters. The van der Waals surface area contributed by atoms with Crippen molar-refractivity contribution >= 4 is 32.3 Å². The molecule has 5 aromatic rings. The summed E-state index contributed by atoms with van der Waals surface area (Å²) >= 11 is 0. The summed E-state index contributed by atoms with van der Waals surface area (Å²) in [6.45, 7) is 11.3. The third-order valence-electron chi connectivity index (χ3n) is 7.03. The molecule has 0 fully saturated rings. The number of nitrogens with zero attached hydrogens (tertiary/aromatic N) is 1. The van der Waals surface area contributed by atoms with E-state index >= 15 is 0 Å². The molecule has 164 valence electrons. The van der Waals surface area contributed by atoms with Gasteiger partial charge in [-0.2, -0.15) is 0 Å². The molecule has 33 heavy (non-hydrogen) atoms. The van der Waals surface area contributed by atoms with E-state index in [-0.39, 0.29) is 5.41 Å². The van der Waals surface area contributed by atoms with E-state index in [1.54, 1.807) is 0 Å². The van der Waals surface area contributed by atoms with Gasteiger partial charge in [0.15, 0.2) is 6.20 Å². The largest absolute Gasteiger partial charge is 0.455 e. The monoisotopic (exact) mass is 432 g/mol. The van der Waals surface area contributed by atoms with Gasteiger partial charge in [-0.3, -0.25) is 0 Å². The van der Waals surface area contributed by atoms with Gasteiger partial charge in [0, 0.05) is 17.0 Å². The number of aryl methyl sites for hydroxylation is 3. The Hall–Kier alpha value is -3.39. The number of rotatable bonds is 1. The van der Waals surface area contributed by atoms with Gasteiger partial charge in [0.25, 0.3) is 0 Å². The molecule has 1 aliphatic heterocycles. The highest BCUT2D eigenvalue weighted by molar-refractivity contribution is 6.13. The smallest absolute Gasteiger partial charge is 0.228 e. The normalized spacial score (nSPS) is 12.9. The van der Waals surface area contributed by atoms with Crippen LogP contribution in [-0.4, -0.2) is 0 Å². The number of hydrogen-bond donors (Lipinski definition) is 0. The molecule has 2 heterocycles. The number of ether oxygens (including phenoxy) is 1. The van der Waals surface area contributed by atoms with E-state index in [2.05, 4.69) is 107 Å². The molecule has 2 heteroatoms. The number of hydrogen-bond acceptors (Lipinski definition) is 1. The van der Waals surface area contributed by atoms with Gasteiger partial charge in [-0.05, 0) is 58.9 Å². The summed E-state index contributed by atoms with van der Waals surface area (Å²) in [4.78, 5) is 0. The molecule has 0 saturated carbocycles. The van der Waals surface area contributed by atoms with Crippen LogP contribution in [0.5, 0.6) is 11.5 Å². The fourth-order valence-electron chi connectivity index (χ4n) is 5.60. The first-order valence-corrected chi connectivity index (χ1v) is 11.8. The molecule has 1 aromatic heterocycles. The van der Waals surface area contributed by atoms with Gasteiger partial charge in [-0.1, -0.05) is 68.8 Å². The van der Waals surface area contributed by atoms with Crippen LogP contribution in [0.25, 0.3) is 43.6 Å². The second-order valence-electron chi connectivity index (χ2n) is 10.9. The highest BCUT2D eigenvalue weighted by Gasteiger charge is 2.34. The van der Waals surface area contributed by atoms with Crippen molar-refractivity contribution in [2.24, 2.45) is 12.5 Å². The predicted octanol–water partition coefficient (Wildman–Crippen LogP) is 7.95. The molecule has 0 bridgehead atoms. The first-order valence-electron chi connectivity index (χ1n) is 11.8. The van der Waals surface area contributed by atoms with Gasteiger partial charge < -0.3 is 4.74 Å². The van der Waals surface area contributed by atoms with Gasteiger partial charge in [0.05, 0.1) is 10.9 Å². The molecule has 6 rings (SSSR count). The van der Waals surface area contributed by atoms with E-state index in [4.69, 9.17) is 4.74 Å². The quantitative estimate of drug-likeness (QED) is 0.190. The van der Waals surface area contributed by atoms with Crippen LogP contribution in [-0.2, 0) is 13.5 Å². The van der Waals surface area contributed by atoms with Gasteiger partial charge >= 0.3 is 0 Å². The van der Waals surface area contributed by atoms with Gasteiger partial charge in [-0.25, -0.2) is 4.57 Å². The lowest BCUT2D eigenvalue weighted by Gasteiger charge is -2.28. The summed E-state index contributed by atoms with van der Waals surface area (Å²) in [5.74, 6) is 2.02. The molecule has 0 amide bonds. The minimum Gasteiger partial charge on any atom is -0.455 e. The molecule has 0 saturated heterocycles. The van der Waals surface area contributed by atoms with Crippen molar-refractivity contribution in [3.63, 3.8) is 0 Å². The fourth-order valence-corrected chi connectivity index (χ4v) is 5.60. The third-order valence-corrected chi connectivity index (χ3v) is 7.03. The van der Waals surface area contributed by atoms with Crippen molar-refractivity contribution in [3.8, 4) is 22.8 Å². The molecular formula is C31H30NO+. The Bertz CT molecular complexity index is 1620. The zero-order valence-electron chi connectivity index (χ0n) is 20.3. The second-order valence-corrected chi connectivity index (χ2v) is 10.9. The third kappa shape index (κ3) is 2.97. The Morgan fingerprint density at radius 2 is 1.58 bits per heavy atom. The van der Waals surface area contributed by atoms with Crippen LogP contribution in [0.2, 0.25) is 0 Å². The first kappa shape index (κ1) is 20.2. The van der Waals surface area contributed by atoms with Crippen LogP contribution in [0.1, 0.15) is 37.5 Å². The Morgan fingerprint density at radius 1 is 0.818 bits per heavy atom. The molecule has 0 spiro atoms. The molecule has 0 aliphatic carbocycles. The van der Waals surface area contributed by atoms with Gasteiger partial charge in [0.2, 0.25) is 5.69 Å². The Labute approximate surface area is 195 Å². The average molecular weight is 433 g/mol. The molecule has 0 N–H and O–H groups in total. The maximum atomic E-state index is 7.01. The van der Waals surface area contributed by atoms with E-state index in [9.17, 15) is 0 Å². The lowest BCUT2D eigenvalue weighted by atomic mass is 9.81. The summed E-state index contributed by atoms with van der Waals surface area (Å²) < 4.78 is 9.28. The lowest BCUT2D eigenvalue weighted by Crippen LogP contribution is -2.32. The van der Waals surface area contributed by atoms with Crippen LogP contribution < -0.4 is 9.30 Å². The molecular weight excluding hydrogens is 402 g/mol. The maximum absolute atomic E-state index is 7.01. The molecule has 1 aliphatic rings. The van der Waals surface area contributed by atoms with Gasteiger partial charge in [0.1, 0.15) is 18.5 Å². The Kier molecular flexibility index (Phi) is 4.17. The van der Waals surface area contributed by atoms with Crippen LogP contribution in [0, 0.1) is 19.3 Å². The zero-order valence-corrected chi connectivity index (χ0v) is 20.3. The van der Waals surface area contributed by atoms with Crippen molar-refractivity contribution in [2.75, 3.05) is 0 Å². The predicted molar refractivity (Wildman–Crippen MR) is 138 cm³/mol. The number of pyridine rings is 1. The van der Waals surface area contributed by atoms with Crippen molar-refractivity contribution in [1.29, 1.82) is 0 Å². The minimum atomic E-state index is 0.138. The molecule has 0 radical (unpaired) electrons. The Morgan fingerprint density at radius 3 is 2.33 bits per heavy atom. The van der Waals surface area contributed by atoms with Gasteiger partial charge in [-0.15, -0.1) is 0 Å². The van der Waals surface area contributed by atoms with E-state index < -0.39 is 0 Å². The van der Waals surface area contributed by atoms with E-state index in [1.807, 2.05) is 0 Å². The average Bonchev–Trinajstić information content (AvgIpc) is 2.77. The summed E-state index contributed by atoms with van der Waals surface area (Å²) in [6.07, 6.45) is 3.14. The summed E-state index contributed by atoms with van der Waals surface area (Å²) in [7, 11) is 2.16. The van der Waals surface area contributed by atoms with Crippen LogP contribution in [0.15, 0.2) is 60.8 Å². The van der Waals surface area contributed by atoms with E-state index in [1.165, 1.54) is 60.3 Å². The number of benzene rings is 4. The van der Waals surface area contributed by atoms with Crippen LogP contribution in [0.3, 0.4) is 0 Å². The lowest BCUT2D eigenvalue weighted by molar-refractivity contribution is -0.659. The fraction of sp³-hybridized carbons (Fsp3) is 0.258. The number of aromatic nitrogens is 1. The van der Waals surface area contributed by atoms with Crippen LogP contribution in [0.4, 0.5) is 0 Å². The van der Waals surface area contributed by atoms with Crippen molar-refractivity contribution in [3.05, 3.63) is 77.5 Å². The summed E-state index contributed by atoms with van der Waals surface area (Å²) in [6, 6.07) is 20.0. The van der Waals surface area contributed by atoms with Crippen molar-refractivity contribution in [1.82, 2.24) is 0 Å². The maximum Gasteiger partial charge on any atom is 0.228 e. The van der Waals surface area contributed by atoms with Crippen molar-refractivity contribution < 1.29 is 9.30 Å². The molecule has 2 nitrogen and oxygen atoms in total. The SMILES string of the molecule is Cc1ccc2c3c4c([n+](C)ccc4cc2c1)-c1c(c(CC(C)(C)C)c2ccccc2c1C)O3. The van der Waals surface area contributed by atoms with E-state index in [0.29, 0.717) is 0 Å². The van der Waals surface area contributed by atoms with Crippen molar-refractivity contribution in [2.45, 2.75) is 41.0 Å². The van der Waals surface area contributed by atoms with E-state index in [0.717, 1.165) is 17.9 Å². The molecule has 4 aromatic carbocycles. The summed E-state index contributed by atoms with van der Waals surface area (Å²) in [5.41, 5.74) is 6.49. The second kappa shape index (κ2) is 6.81. The minimum absolute atomic E-state index is 0.138. The number of fused-ring (bicyclic) bond motifs is 5. The van der Waals surface area contributed by atoms with Crippen LogP contribution >= 0.6 is 0 Å². The highest BCUT2D eigenvalue weighted by Crippen LogP contribution is 2.53. The summed E-state index contributed by atoms with van der Waals surface area (Å²) in [5, 5.41) is 7.47.